The van der Waals surface area contributed by atoms with Gasteiger partial charge < -0.3 is 11.1 Å². The molecule has 5 heteroatoms. The number of rotatable bonds is 5. The number of halogens is 2. The molecular weight excluding hydrogens is 255 g/mol. The number of amides is 1. The van der Waals surface area contributed by atoms with Crippen LogP contribution in [0.4, 0.5) is 4.39 Å². The maximum atomic E-state index is 13.5. The van der Waals surface area contributed by atoms with Crippen LogP contribution in [0.25, 0.3) is 0 Å². The molecule has 3 N–H and O–H groups in total. The average molecular weight is 273 g/mol. The molecular formula is C13H18ClFN2O. The molecule has 100 valence electrons. The van der Waals surface area contributed by atoms with E-state index in [1.165, 1.54) is 12.1 Å². The molecule has 3 nitrogen and oxygen atoms in total. The Morgan fingerprint density at radius 3 is 2.67 bits per heavy atom. The molecule has 0 aliphatic heterocycles. The lowest BCUT2D eigenvalue weighted by atomic mass is 10.0. The van der Waals surface area contributed by atoms with Crippen LogP contribution in [0.2, 0.25) is 5.02 Å². The van der Waals surface area contributed by atoms with Gasteiger partial charge in [0.15, 0.2) is 0 Å². The second-order valence-corrected chi connectivity index (χ2v) is 5.10. The minimum absolute atomic E-state index is 0.0124. The largest absolute Gasteiger partial charge is 0.348 e. The van der Waals surface area contributed by atoms with Crippen LogP contribution in [-0.2, 0) is 0 Å². The van der Waals surface area contributed by atoms with Crippen LogP contribution in [0.5, 0.6) is 0 Å². The summed E-state index contributed by atoms with van der Waals surface area (Å²) in [6.07, 6.45) is 0.761. The van der Waals surface area contributed by atoms with Gasteiger partial charge in [-0.05, 0) is 30.5 Å². The fourth-order valence-corrected chi connectivity index (χ4v) is 1.88. The number of benzene rings is 1. The highest BCUT2D eigenvalue weighted by Crippen LogP contribution is 2.15. The predicted octanol–water partition coefficient (Wildman–Crippen LogP) is 2.58. The van der Waals surface area contributed by atoms with Crippen molar-refractivity contribution in [2.75, 3.05) is 6.54 Å². The number of nitrogens with one attached hydrogen (secondary N) is 1. The van der Waals surface area contributed by atoms with Crippen molar-refractivity contribution < 1.29 is 9.18 Å². The third-order valence-corrected chi connectivity index (χ3v) is 2.79. The van der Waals surface area contributed by atoms with Gasteiger partial charge >= 0.3 is 0 Å². The molecule has 0 heterocycles. The normalized spacial score (nSPS) is 12.6. The monoisotopic (exact) mass is 272 g/mol. The number of hydrogen-bond donors (Lipinski definition) is 2. The van der Waals surface area contributed by atoms with Gasteiger partial charge in [-0.25, -0.2) is 4.39 Å². The quantitative estimate of drug-likeness (QED) is 0.866. The molecule has 0 aliphatic carbocycles. The Kier molecular flexibility index (Phi) is 5.56. The Bertz CT molecular complexity index is 423. The smallest absolute Gasteiger partial charge is 0.254 e. The Hall–Kier alpha value is -1.13. The molecule has 18 heavy (non-hydrogen) atoms. The molecule has 0 saturated heterocycles. The molecule has 1 aromatic carbocycles. The Morgan fingerprint density at radius 1 is 1.50 bits per heavy atom. The summed E-state index contributed by atoms with van der Waals surface area (Å²) < 4.78 is 13.5. The van der Waals surface area contributed by atoms with Gasteiger partial charge in [0.1, 0.15) is 5.82 Å². The topological polar surface area (TPSA) is 55.1 Å². The number of carbonyl (C=O) groups excluding carboxylic acids is 1. The zero-order valence-electron chi connectivity index (χ0n) is 10.5. The Labute approximate surface area is 112 Å². The highest BCUT2D eigenvalue weighted by molar-refractivity contribution is 6.30. The first-order chi connectivity index (χ1) is 8.43. The van der Waals surface area contributed by atoms with Crippen molar-refractivity contribution >= 4 is 17.5 Å². The van der Waals surface area contributed by atoms with Crippen LogP contribution in [0.1, 0.15) is 30.6 Å². The predicted molar refractivity (Wildman–Crippen MR) is 71.2 cm³/mol. The van der Waals surface area contributed by atoms with Crippen molar-refractivity contribution in [3.8, 4) is 0 Å². The summed E-state index contributed by atoms with van der Waals surface area (Å²) in [4.78, 5) is 11.9. The highest BCUT2D eigenvalue weighted by Gasteiger charge is 2.16. The van der Waals surface area contributed by atoms with Crippen molar-refractivity contribution in [3.63, 3.8) is 0 Å². The molecule has 0 radical (unpaired) electrons. The van der Waals surface area contributed by atoms with Gasteiger partial charge in [-0.15, -0.1) is 0 Å². The van der Waals surface area contributed by atoms with Gasteiger partial charge in [-0.1, -0.05) is 25.4 Å². The summed E-state index contributed by atoms with van der Waals surface area (Å²) in [5, 5.41) is 2.99. The van der Waals surface area contributed by atoms with Gasteiger partial charge in [0.25, 0.3) is 5.91 Å². The molecule has 0 bridgehead atoms. The zero-order valence-corrected chi connectivity index (χ0v) is 11.3. The van der Waals surface area contributed by atoms with E-state index in [1.807, 2.05) is 13.8 Å². The van der Waals surface area contributed by atoms with Crippen molar-refractivity contribution in [2.45, 2.75) is 26.3 Å². The van der Waals surface area contributed by atoms with Gasteiger partial charge in [0.2, 0.25) is 0 Å². The molecule has 0 aromatic heterocycles. The van der Waals surface area contributed by atoms with Gasteiger partial charge in [-0.3, -0.25) is 4.79 Å². The van der Waals surface area contributed by atoms with Crippen LogP contribution in [-0.4, -0.2) is 18.5 Å². The lowest BCUT2D eigenvalue weighted by Gasteiger charge is -2.19. The Morgan fingerprint density at radius 2 is 2.17 bits per heavy atom. The third-order valence-electron chi connectivity index (χ3n) is 2.55. The van der Waals surface area contributed by atoms with E-state index >= 15 is 0 Å². The Balaban J connectivity index is 2.74. The first-order valence-corrected chi connectivity index (χ1v) is 6.27. The summed E-state index contributed by atoms with van der Waals surface area (Å²) in [5.41, 5.74) is 5.57. The highest BCUT2D eigenvalue weighted by atomic mass is 35.5. The summed E-state index contributed by atoms with van der Waals surface area (Å²) >= 11 is 5.63. The van der Waals surface area contributed by atoms with Crippen LogP contribution < -0.4 is 11.1 Å². The molecule has 1 aromatic rings. The summed E-state index contributed by atoms with van der Waals surface area (Å²) in [5.74, 6) is -0.672. The number of hydrogen-bond acceptors (Lipinski definition) is 2. The molecule has 0 aliphatic rings. The average Bonchev–Trinajstić information content (AvgIpc) is 2.27. The summed E-state index contributed by atoms with van der Waals surface area (Å²) in [6.45, 7) is 4.41. The van der Waals surface area contributed by atoms with Gasteiger partial charge in [-0.2, -0.15) is 0 Å². The van der Waals surface area contributed by atoms with Gasteiger partial charge in [0.05, 0.1) is 5.56 Å². The van der Waals surface area contributed by atoms with Gasteiger partial charge in [0, 0.05) is 17.6 Å². The van der Waals surface area contributed by atoms with E-state index < -0.39 is 11.7 Å². The number of nitrogens with two attached hydrogens (primary N) is 1. The van der Waals surface area contributed by atoms with Crippen LogP contribution in [0.3, 0.4) is 0 Å². The fraction of sp³-hybridized carbons (Fsp3) is 0.462. The summed E-state index contributed by atoms with van der Waals surface area (Å²) in [6, 6.07) is 3.83. The minimum Gasteiger partial charge on any atom is -0.348 e. The van der Waals surface area contributed by atoms with Crippen molar-refractivity contribution in [1.29, 1.82) is 0 Å². The van der Waals surface area contributed by atoms with Crippen LogP contribution in [0, 0.1) is 11.7 Å². The maximum Gasteiger partial charge on any atom is 0.254 e. The molecule has 1 rings (SSSR count). The van der Waals surface area contributed by atoms with E-state index in [-0.39, 0.29) is 16.6 Å². The van der Waals surface area contributed by atoms with Crippen molar-refractivity contribution in [1.82, 2.24) is 5.32 Å². The molecule has 1 unspecified atom stereocenters. The lowest BCUT2D eigenvalue weighted by Crippen LogP contribution is -2.41. The molecule has 1 atom stereocenters. The SMILES string of the molecule is CC(C)CC(CN)NC(=O)c1ccc(Cl)cc1F. The molecule has 0 saturated carbocycles. The second kappa shape index (κ2) is 6.71. The van der Waals surface area contributed by atoms with E-state index in [2.05, 4.69) is 5.32 Å². The van der Waals surface area contributed by atoms with E-state index in [0.717, 1.165) is 12.5 Å². The third kappa shape index (κ3) is 4.27. The lowest BCUT2D eigenvalue weighted by molar-refractivity contribution is 0.0929. The first kappa shape index (κ1) is 14.9. The zero-order chi connectivity index (χ0) is 13.7. The van der Waals surface area contributed by atoms with E-state index in [0.29, 0.717) is 12.5 Å². The van der Waals surface area contributed by atoms with E-state index in [4.69, 9.17) is 17.3 Å². The van der Waals surface area contributed by atoms with E-state index in [1.54, 1.807) is 0 Å². The molecule has 1 amide bonds. The molecule has 0 spiro atoms. The summed E-state index contributed by atoms with van der Waals surface area (Å²) in [7, 11) is 0. The van der Waals surface area contributed by atoms with Crippen molar-refractivity contribution in [2.24, 2.45) is 11.7 Å². The fourth-order valence-electron chi connectivity index (χ4n) is 1.72. The first-order valence-electron chi connectivity index (χ1n) is 5.90. The molecule has 0 fully saturated rings. The second-order valence-electron chi connectivity index (χ2n) is 4.66. The van der Waals surface area contributed by atoms with Crippen molar-refractivity contribution in [3.05, 3.63) is 34.6 Å². The maximum absolute atomic E-state index is 13.5. The van der Waals surface area contributed by atoms with Crippen LogP contribution >= 0.6 is 11.6 Å². The van der Waals surface area contributed by atoms with E-state index in [9.17, 15) is 9.18 Å². The number of carbonyl (C=O) groups is 1. The van der Waals surface area contributed by atoms with Crippen LogP contribution in [0.15, 0.2) is 18.2 Å². The standard InChI is InChI=1S/C13H18ClFN2O/c1-8(2)5-10(7-16)17-13(18)11-4-3-9(14)6-12(11)15/h3-4,6,8,10H,5,7,16H2,1-2H3,(H,17,18). The minimum atomic E-state index is -0.625.